The number of esters is 1. The third-order valence-corrected chi connectivity index (χ3v) is 9.36. The number of hydrogen-bond acceptors (Lipinski definition) is 5. The van der Waals surface area contributed by atoms with Crippen molar-refractivity contribution < 1.29 is 14.3 Å². The Morgan fingerprint density at radius 3 is 2.05 bits per heavy atom. The van der Waals surface area contributed by atoms with Gasteiger partial charge in [0, 0.05) is 23.6 Å². The molecule has 0 aliphatic carbocycles. The first-order valence-electron chi connectivity index (χ1n) is 15.3. The summed E-state index contributed by atoms with van der Waals surface area (Å²) in [6.45, 7) is 9.28. The zero-order valence-electron chi connectivity index (χ0n) is 25.8. The highest BCUT2D eigenvalue weighted by Crippen LogP contribution is 2.43. The second-order valence-electron chi connectivity index (χ2n) is 11.9. The van der Waals surface area contributed by atoms with Crippen LogP contribution >= 0.6 is 0 Å². The summed E-state index contributed by atoms with van der Waals surface area (Å²) in [6.07, 6.45) is 3.82. The highest BCUT2D eigenvalue weighted by Gasteiger charge is 2.41. The fourth-order valence-corrected chi connectivity index (χ4v) is 7.07. The summed E-state index contributed by atoms with van der Waals surface area (Å²) in [5.41, 5.74) is 7.15. The molecule has 224 valence electrons. The van der Waals surface area contributed by atoms with Crippen LogP contribution in [0.3, 0.4) is 0 Å². The summed E-state index contributed by atoms with van der Waals surface area (Å²) < 4.78 is 5.22. The van der Waals surface area contributed by atoms with Gasteiger partial charge in [0.15, 0.2) is 0 Å². The van der Waals surface area contributed by atoms with Crippen LogP contribution in [0.25, 0.3) is 0 Å². The van der Waals surface area contributed by atoms with Gasteiger partial charge in [-0.2, -0.15) is 0 Å². The number of carbonyl (C=O) groups excluding carboxylic acids is 2. The van der Waals surface area contributed by atoms with Crippen LogP contribution in [0.15, 0.2) is 101 Å². The van der Waals surface area contributed by atoms with Crippen LogP contribution in [0.2, 0.25) is 0 Å². The molecule has 0 bridgehead atoms. The van der Waals surface area contributed by atoms with Crippen molar-refractivity contribution in [3.05, 3.63) is 119 Å². The topological polar surface area (TPSA) is 62.2 Å². The molecule has 2 unspecified atom stereocenters. The van der Waals surface area contributed by atoms with E-state index in [1.165, 1.54) is 18.2 Å². The van der Waals surface area contributed by atoms with Crippen molar-refractivity contribution in [1.29, 1.82) is 0 Å². The first kappa shape index (κ1) is 30.4. The number of carbonyl (C=O) groups is 2. The van der Waals surface area contributed by atoms with Gasteiger partial charge >= 0.3 is 5.97 Å². The van der Waals surface area contributed by atoms with Crippen molar-refractivity contribution in [2.24, 2.45) is 10.9 Å². The second kappa shape index (κ2) is 13.5. The lowest BCUT2D eigenvalue weighted by atomic mass is 9.68. The Morgan fingerprint density at radius 2 is 1.51 bits per heavy atom. The Labute approximate surface area is 256 Å². The summed E-state index contributed by atoms with van der Waals surface area (Å²) in [4.78, 5) is 34.7. The third kappa shape index (κ3) is 6.35. The summed E-state index contributed by atoms with van der Waals surface area (Å²) in [7, 11) is 1.41. The van der Waals surface area contributed by atoms with E-state index in [1.54, 1.807) is 4.90 Å². The van der Waals surface area contributed by atoms with Gasteiger partial charge in [0.05, 0.1) is 18.5 Å². The second-order valence-corrected chi connectivity index (χ2v) is 11.9. The highest BCUT2D eigenvalue weighted by molar-refractivity contribution is 6.03. The van der Waals surface area contributed by atoms with Crippen LogP contribution in [0.5, 0.6) is 0 Å². The minimum absolute atomic E-state index is 0.0118. The molecule has 2 aliphatic heterocycles. The van der Waals surface area contributed by atoms with Crippen molar-refractivity contribution in [3.63, 3.8) is 0 Å². The van der Waals surface area contributed by atoms with Crippen molar-refractivity contribution >= 4 is 18.1 Å². The van der Waals surface area contributed by atoms with E-state index in [0.29, 0.717) is 12.3 Å². The van der Waals surface area contributed by atoms with Crippen LogP contribution in [0.1, 0.15) is 61.3 Å². The predicted molar refractivity (Wildman–Crippen MR) is 172 cm³/mol. The molecule has 43 heavy (non-hydrogen) atoms. The van der Waals surface area contributed by atoms with Crippen LogP contribution in [0.4, 0.5) is 0 Å². The number of aliphatic imine (C=N–C) groups is 1. The number of nitrogens with zero attached hydrogens (tertiary/aromatic N) is 3. The number of piperidine rings is 1. The quantitative estimate of drug-likeness (QED) is 0.204. The third-order valence-electron chi connectivity index (χ3n) is 9.36. The molecule has 2 atom stereocenters. The molecule has 3 aromatic rings. The van der Waals surface area contributed by atoms with E-state index in [1.807, 2.05) is 45.0 Å². The smallest absolute Gasteiger partial charge is 0.315 e. The molecule has 0 N–H and O–H groups in total. The molecule has 5 rings (SSSR count). The van der Waals surface area contributed by atoms with E-state index in [2.05, 4.69) is 65.6 Å². The fourth-order valence-electron chi connectivity index (χ4n) is 7.07. The normalized spacial score (nSPS) is 20.3. The van der Waals surface area contributed by atoms with Crippen molar-refractivity contribution in [1.82, 2.24) is 9.80 Å². The molecule has 3 aromatic carbocycles. The Bertz CT molecular complexity index is 1410. The molecular weight excluding hydrogens is 534 g/mol. The van der Waals surface area contributed by atoms with E-state index >= 15 is 0 Å². The van der Waals surface area contributed by atoms with Crippen LogP contribution in [-0.2, 0) is 19.7 Å². The lowest BCUT2D eigenvalue weighted by Gasteiger charge is -2.43. The molecule has 6 nitrogen and oxygen atoms in total. The Kier molecular flexibility index (Phi) is 9.56. The summed E-state index contributed by atoms with van der Waals surface area (Å²) in [5.74, 6) is -1.26. The highest BCUT2D eigenvalue weighted by atomic mass is 16.5. The minimum Gasteiger partial charge on any atom is -0.468 e. The number of amides is 1. The van der Waals surface area contributed by atoms with Gasteiger partial charge in [0.1, 0.15) is 5.92 Å². The maximum absolute atomic E-state index is 13.0. The van der Waals surface area contributed by atoms with E-state index in [4.69, 9.17) is 9.73 Å². The number of aryl methyl sites for hydroxylation is 1. The lowest BCUT2D eigenvalue weighted by molar-refractivity contribution is -0.143. The molecule has 0 saturated carbocycles. The Morgan fingerprint density at radius 1 is 0.930 bits per heavy atom. The Balaban J connectivity index is 1.31. The molecule has 0 radical (unpaired) electrons. The molecule has 6 heteroatoms. The molecule has 1 fully saturated rings. The fraction of sp³-hybridized carbons (Fsp3) is 0.378. The average Bonchev–Trinajstić information content (AvgIpc) is 3.04. The first-order valence-corrected chi connectivity index (χ1v) is 15.3. The molecule has 2 heterocycles. The van der Waals surface area contributed by atoms with Crippen molar-refractivity contribution in [2.75, 3.05) is 33.3 Å². The Hall–Kier alpha value is -4.03. The summed E-state index contributed by atoms with van der Waals surface area (Å²) >= 11 is 0. The van der Waals surface area contributed by atoms with E-state index in [-0.39, 0.29) is 17.3 Å². The monoisotopic (exact) mass is 577 g/mol. The standard InChI is InChI=1S/C37H43N3O3/c1-27-16-18-30(19-17-27)34-33(36(42)43-4)28(2)38-29(3)35(34)40(26-41)23-11-22-39-24-20-37(21-25-39,31-12-7-5-8-13-31)32-14-9-6-10-15-32/h5-10,12-19,26,33-34H,11,20-25H2,1-4H3. The van der Waals surface area contributed by atoms with Gasteiger partial charge in [0.2, 0.25) is 6.41 Å². The lowest BCUT2D eigenvalue weighted by Crippen LogP contribution is -2.44. The van der Waals surface area contributed by atoms with Gasteiger partial charge in [-0.25, -0.2) is 0 Å². The number of methoxy groups -OCH3 is 1. The van der Waals surface area contributed by atoms with Gasteiger partial charge in [-0.15, -0.1) is 0 Å². The van der Waals surface area contributed by atoms with E-state index < -0.39 is 5.92 Å². The van der Waals surface area contributed by atoms with Gasteiger partial charge < -0.3 is 14.5 Å². The zero-order chi connectivity index (χ0) is 30.4. The number of benzene rings is 3. The van der Waals surface area contributed by atoms with E-state index in [0.717, 1.165) is 67.8 Å². The number of ether oxygens (including phenoxy) is 1. The summed E-state index contributed by atoms with van der Waals surface area (Å²) in [5, 5.41) is 0. The average molecular weight is 578 g/mol. The number of likely N-dealkylation sites (tertiary alicyclic amines) is 1. The molecule has 1 saturated heterocycles. The van der Waals surface area contributed by atoms with Gasteiger partial charge in [0.25, 0.3) is 0 Å². The maximum atomic E-state index is 13.0. The number of rotatable bonds is 10. The first-order chi connectivity index (χ1) is 20.9. The maximum Gasteiger partial charge on any atom is 0.315 e. The molecule has 2 aliphatic rings. The van der Waals surface area contributed by atoms with Crippen LogP contribution in [-0.4, -0.2) is 61.2 Å². The molecule has 0 aromatic heterocycles. The summed E-state index contributed by atoms with van der Waals surface area (Å²) in [6, 6.07) is 30.0. The predicted octanol–water partition coefficient (Wildman–Crippen LogP) is 6.50. The van der Waals surface area contributed by atoms with Crippen LogP contribution < -0.4 is 0 Å². The minimum atomic E-state index is -0.583. The molecule has 0 spiro atoms. The van der Waals surface area contributed by atoms with Crippen molar-refractivity contribution in [3.8, 4) is 0 Å². The SMILES string of the molecule is COC(=O)C1C(C)=NC(C)=C(N(C=O)CCCN2CCC(c3ccccc3)(c3ccccc3)CC2)C1c1ccc(C)cc1. The van der Waals surface area contributed by atoms with E-state index in [9.17, 15) is 9.59 Å². The zero-order valence-corrected chi connectivity index (χ0v) is 25.8. The van der Waals surface area contributed by atoms with Crippen molar-refractivity contribution in [2.45, 2.75) is 51.4 Å². The van der Waals surface area contributed by atoms with Crippen LogP contribution in [0, 0.1) is 12.8 Å². The molecular formula is C37H43N3O3. The van der Waals surface area contributed by atoms with Gasteiger partial charge in [-0.1, -0.05) is 90.5 Å². The number of allylic oxidation sites excluding steroid dienone is 2. The largest absolute Gasteiger partial charge is 0.468 e. The van der Waals surface area contributed by atoms with Gasteiger partial charge in [-0.05, 0) is 76.4 Å². The van der Waals surface area contributed by atoms with Gasteiger partial charge in [-0.3, -0.25) is 14.6 Å². The molecule has 1 amide bonds. The number of hydrogen-bond donors (Lipinski definition) is 0.